The van der Waals surface area contributed by atoms with Crippen LogP contribution in [0.15, 0.2) is 24.3 Å². The number of fused-ring (bicyclic) bond motifs is 3. The number of carbonyl (C=O) groups is 1. The van der Waals surface area contributed by atoms with Crippen molar-refractivity contribution in [3.63, 3.8) is 0 Å². The predicted octanol–water partition coefficient (Wildman–Crippen LogP) is 1.30. The maximum Gasteiger partial charge on any atom is 0.272 e. The molecule has 2 fully saturated rings. The SMILES string of the molecule is CC(C)n1nc(C(=O)NC2C[C@H]3CC[C@@H](C2)N3C[C@H](O)CNCS(C)(=O)=O)c2ccccc21. The number of carbonyl (C=O) groups excluding carboxylic acids is 1. The third-order valence-corrected chi connectivity index (χ3v) is 7.43. The predicted molar refractivity (Wildman–Crippen MR) is 128 cm³/mol. The third kappa shape index (κ3) is 5.56. The maximum absolute atomic E-state index is 13.2. The molecule has 4 rings (SSSR count). The first-order valence-electron chi connectivity index (χ1n) is 11.7. The number of aliphatic hydroxyl groups is 1. The molecule has 2 bridgehead atoms. The second-order valence-electron chi connectivity index (χ2n) is 9.81. The molecule has 182 valence electrons. The van der Waals surface area contributed by atoms with Crippen LogP contribution in [0, 0.1) is 0 Å². The van der Waals surface area contributed by atoms with Crippen LogP contribution in [0.25, 0.3) is 10.9 Å². The zero-order chi connectivity index (χ0) is 23.8. The molecule has 1 amide bonds. The van der Waals surface area contributed by atoms with Crippen molar-refractivity contribution in [1.29, 1.82) is 0 Å². The van der Waals surface area contributed by atoms with Gasteiger partial charge in [-0.3, -0.25) is 14.4 Å². The van der Waals surface area contributed by atoms with Gasteiger partial charge in [0.2, 0.25) is 0 Å². The van der Waals surface area contributed by atoms with E-state index in [0.717, 1.165) is 36.6 Å². The first-order valence-corrected chi connectivity index (χ1v) is 13.8. The average Bonchev–Trinajstić information content (AvgIpc) is 3.22. The minimum Gasteiger partial charge on any atom is -0.390 e. The van der Waals surface area contributed by atoms with Crippen molar-refractivity contribution in [1.82, 2.24) is 25.3 Å². The zero-order valence-electron chi connectivity index (χ0n) is 19.6. The molecule has 2 aliphatic heterocycles. The Labute approximate surface area is 195 Å². The summed E-state index contributed by atoms with van der Waals surface area (Å²) in [7, 11) is -3.10. The highest BCUT2D eigenvalue weighted by Gasteiger charge is 2.41. The number of sulfone groups is 1. The Morgan fingerprint density at radius 1 is 1.21 bits per heavy atom. The summed E-state index contributed by atoms with van der Waals surface area (Å²) >= 11 is 0. The monoisotopic (exact) mass is 477 g/mol. The van der Waals surface area contributed by atoms with Crippen molar-refractivity contribution >= 4 is 26.6 Å². The summed E-state index contributed by atoms with van der Waals surface area (Å²) in [6, 6.07) is 8.69. The van der Waals surface area contributed by atoms with Crippen molar-refractivity contribution in [3.05, 3.63) is 30.0 Å². The fourth-order valence-electron chi connectivity index (χ4n) is 5.31. The van der Waals surface area contributed by atoms with Gasteiger partial charge < -0.3 is 15.7 Å². The van der Waals surface area contributed by atoms with Crippen LogP contribution in [0.2, 0.25) is 0 Å². The van der Waals surface area contributed by atoms with Gasteiger partial charge in [-0.05, 0) is 45.6 Å². The molecule has 3 heterocycles. The van der Waals surface area contributed by atoms with E-state index in [0.29, 0.717) is 24.3 Å². The second-order valence-corrected chi connectivity index (χ2v) is 11.9. The van der Waals surface area contributed by atoms with Crippen LogP contribution < -0.4 is 10.6 Å². The molecule has 2 aromatic rings. The van der Waals surface area contributed by atoms with Gasteiger partial charge in [0.1, 0.15) is 0 Å². The number of piperidine rings is 1. The van der Waals surface area contributed by atoms with E-state index in [1.165, 1.54) is 6.26 Å². The van der Waals surface area contributed by atoms with Gasteiger partial charge in [-0.2, -0.15) is 5.10 Å². The number of hydrogen-bond acceptors (Lipinski definition) is 7. The number of aromatic nitrogens is 2. The number of nitrogens with one attached hydrogen (secondary N) is 2. The van der Waals surface area contributed by atoms with Crippen LogP contribution in [-0.4, -0.2) is 83.6 Å². The quantitative estimate of drug-likeness (QED) is 0.498. The molecule has 4 atom stereocenters. The van der Waals surface area contributed by atoms with E-state index in [2.05, 4.69) is 34.5 Å². The van der Waals surface area contributed by atoms with Gasteiger partial charge >= 0.3 is 0 Å². The normalized spacial score (nSPS) is 24.5. The molecular formula is C23H35N5O4S. The van der Waals surface area contributed by atoms with Crippen molar-refractivity contribution in [2.24, 2.45) is 0 Å². The van der Waals surface area contributed by atoms with Crippen LogP contribution in [-0.2, 0) is 9.84 Å². The highest BCUT2D eigenvalue weighted by atomic mass is 32.2. The lowest BCUT2D eigenvalue weighted by Crippen LogP contribution is -2.53. The van der Waals surface area contributed by atoms with Gasteiger partial charge in [-0.15, -0.1) is 0 Å². The van der Waals surface area contributed by atoms with E-state index >= 15 is 0 Å². The van der Waals surface area contributed by atoms with E-state index in [9.17, 15) is 18.3 Å². The Morgan fingerprint density at radius 3 is 2.52 bits per heavy atom. The molecular weight excluding hydrogens is 442 g/mol. The minimum absolute atomic E-state index is 0.0784. The van der Waals surface area contributed by atoms with E-state index in [-0.39, 0.29) is 30.4 Å². The lowest BCUT2D eigenvalue weighted by atomic mass is 9.96. The summed E-state index contributed by atoms with van der Waals surface area (Å²) in [6.07, 6.45) is 4.31. The fourth-order valence-corrected chi connectivity index (χ4v) is 5.80. The average molecular weight is 478 g/mol. The number of hydrogen-bond donors (Lipinski definition) is 3. The third-order valence-electron chi connectivity index (χ3n) is 6.70. The van der Waals surface area contributed by atoms with E-state index < -0.39 is 15.9 Å². The smallest absolute Gasteiger partial charge is 0.272 e. The van der Waals surface area contributed by atoms with Gasteiger partial charge in [0.15, 0.2) is 15.5 Å². The Kier molecular flexibility index (Phi) is 7.09. The lowest BCUT2D eigenvalue weighted by molar-refractivity contribution is 0.0508. The molecule has 0 radical (unpaired) electrons. The molecule has 33 heavy (non-hydrogen) atoms. The molecule has 0 spiro atoms. The Balaban J connectivity index is 1.36. The van der Waals surface area contributed by atoms with Gasteiger partial charge in [-0.25, -0.2) is 8.42 Å². The van der Waals surface area contributed by atoms with Gasteiger partial charge in [0, 0.05) is 48.9 Å². The van der Waals surface area contributed by atoms with Crippen molar-refractivity contribution in [3.8, 4) is 0 Å². The Morgan fingerprint density at radius 2 is 1.88 bits per heavy atom. The van der Waals surface area contributed by atoms with Crippen LogP contribution in [0.1, 0.15) is 56.1 Å². The zero-order valence-corrected chi connectivity index (χ0v) is 20.4. The number of amides is 1. The molecule has 3 N–H and O–H groups in total. The second kappa shape index (κ2) is 9.69. The standard InChI is InChI=1S/C23H35N5O4S/c1-15(2)28-21-7-5-4-6-20(21)22(26-28)23(30)25-16-10-17-8-9-18(11-16)27(17)13-19(29)12-24-14-33(3,31)32/h4-7,15-19,24,29H,8-14H2,1-3H3,(H,25,30)/t16?,17-,18+,19-/m1/s1. The van der Waals surface area contributed by atoms with E-state index in [4.69, 9.17) is 0 Å². The molecule has 1 aromatic carbocycles. The summed E-state index contributed by atoms with van der Waals surface area (Å²) in [5.41, 5.74) is 1.44. The van der Waals surface area contributed by atoms with Gasteiger partial charge in [-0.1, -0.05) is 18.2 Å². The molecule has 0 saturated carbocycles. The topological polar surface area (TPSA) is 117 Å². The molecule has 2 saturated heterocycles. The first-order chi connectivity index (χ1) is 15.6. The van der Waals surface area contributed by atoms with Crippen LogP contribution in [0.4, 0.5) is 0 Å². The van der Waals surface area contributed by atoms with Gasteiger partial charge in [0.05, 0.1) is 17.5 Å². The Bertz CT molecular complexity index is 1090. The highest BCUT2D eigenvalue weighted by Crippen LogP contribution is 2.36. The summed E-state index contributed by atoms with van der Waals surface area (Å²) in [5.74, 6) is -0.264. The molecule has 0 aliphatic carbocycles. The first kappa shape index (κ1) is 24.1. The van der Waals surface area contributed by atoms with Crippen LogP contribution in [0.5, 0.6) is 0 Å². The number of benzene rings is 1. The maximum atomic E-state index is 13.2. The fraction of sp³-hybridized carbons (Fsp3) is 0.652. The number of aliphatic hydroxyl groups excluding tert-OH is 1. The molecule has 1 unspecified atom stereocenters. The molecule has 10 heteroatoms. The van der Waals surface area contributed by atoms with Crippen molar-refractivity contribution in [2.75, 3.05) is 25.2 Å². The summed E-state index contributed by atoms with van der Waals surface area (Å²) in [5, 5.41) is 21.9. The number of rotatable bonds is 9. The minimum atomic E-state index is -3.10. The van der Waals surface area contributed by atoms with Crippen LogP contribution >= 0.6 is 0 Å². The molecule has 2 aliphatic rings. The molecule has 1 aromatic heterocycles. The van der Waals surface area contributed by atoms with Crippen molar-refractivity contribution in [2.45, 2.75) is 69.8 Å². The van der Waals surface area contributed by atoms with E-state index in [1.54, 1.807) is 0 Å². The van der Waals surface area contributed by atoms with Gasteiger partial charge in [0.25, 0.3) is 5.91 Å². The summed E-state index contributed by atoms with van der Waals surface area (Å²) in [4.78, 5) is 15.5. The molecule has 9 nitrogen and oxygen atoms in total. The highest BCUT2D eigenvalue weighted by molar-refractivity contribution is 7.90. The number of para-hydroxylation sites is 1. The summed E-state index contributed by atoms with van der Waals surface area (Å²) < 4.78 is 24.4. The lowest BCUT2D eigenvalue weighted by Gasteiger charge is -2.40. The van der Waals surface area contributed by atoms with Crippen molar-refractivity contribution < 1.29 is 18.3 Å². The largest absolute Gasteiger partial charge is 0.390 e. The Hall–Kier alpha value is -2.01. The number of nitrogens with zero attached hydrogens (tertiary/aromatic N) is 3. The van der Waals surface area contributed by atoms with Crippen LogP contribution in [0.3, 0.4) is 0 Å². The summed E-state index contributed by atoms with van der Waals surface area (Å²) in [6.45, 7) is 4.87. The van der Waals surface area contributed by atoms with E-state index in [1.807, 2.05) is 28.9 Å².